The van der Waals surface area contributed by atoms with Crippen molar-refractivity contribution in [3.8, 4) is 5.75 Å². The van der Waals surface area contributed by atoms with Gasteiger partial charge in [0.25, 0.3) is 5.91 Å². The number of halogens is 1. The van der Waals surface area contributed by atoms with Crippen molar-refractivity contribution in [1.82, 2.24) is 4.90 Å². The predicted molar refractivity (Wildman–Crippen MR) is 128 cm³/mol. The fourth-order valence-electron chi connectivity index (χ4n) is 3.03. The molecule has 0 radical (unpaired) electrons. The summed E-state index contributed by atoms with van der Waals surface area (Å²) in [7, 11) is 0. The van der Waals surface area contributed by atoms with Gasteiger partial charge in [0.05, 0.1) is 4.91 Å². The van der Waals surface area contributed by atoms with E-state index in [1.807, 2.05) is 48.5 Å². The van der Waals surface area contributed by atoms with Gasteiger partial charge in [-0.1, -0.05) is 72.3 Å². The van der Waals surface area contributed by atoms with Crippen molar-refractivity contribution in [2.75, 3.05) is 6.54 Å². The first-order valence-electron chi connectivity index (χ1n) is 9.87. The van der Waals surface area contributed by atoms with Crippen molar-refractivity contribution in [3.05, 3.63) is 69.6 Å². The quantitative estimate of drug-likeness (QED) is 0.267. The first-order chi connectivity index (χ1) is 14.9. The van der Waals surface area contributed by atoms with Gasteiger partial charge >= 0.3 is 5.97 Å². The third-order valence-electron chi connectivity index (χ3n) is 4.66. The van der Waals surface area contributed by atoms with E-state index in [4.69, 9.17) is 33.7 Å². The number of aliphatic carboxylic acids is 1. The van der Waals surface area contributed by atoms with Crippen molar-refractivity contribution in [3.63, 3.8) is 0 Å². The van der Waals surface area contributed by atoms with E-state index >= 15 is 0 Å². The van der Waals surface area contributed by atoms with E-state index in [9.17, 15) is 9.59 Å². The normalized spacial score (nSPS) is 15.0. The maximum atomic E-state index is 12.8. The van der Waals surface area contributed by atoms with Crippen molar-refractivity contribution < 1.29 is 19.4 Å². The number of hydrogen-bond donors (Lipinski definition) is 1. The van der Waals surface area contributed by atoms with Gasteiger partial charge in [-0.3, -0.25) is 14.5 Å². The van der Waals surface area contributed by atoms with Gasteiger partial charge in [0, 0.05) is 23.6 Å². The first kappa shape index (κ1) is 23.3. The number of carboxylic acid groups (broad SMARTS) is 1. The summed E-state index contributed by atoms with van der Waals surface area (Å²) in [6.07, 6.45) is 4.00. The molecule has 3 rings (SSSR count). The molecule has 1 amide bonds. The molecule has 8 heteroatoms. The van der Waals surface area contributed by atoms with Gasteiger partial charge in [-0.25, -0.2) is 0 Å². The highest BCUT2D eigenvalue weighted by Crippen LogP contribution is 2.34. The zero-order valence-electron chi connectivity index (χ0n) is 16.8. The summed E-state index contributed by atoms with van der Waals surface area (Å²) in [6, 6.07) is 15.0. The average Bonchev–Trinajstić information content (AvgIpc) is 3.01. The third-order valence-corrected chi connectivity index (χ3v) is 6.29. The Morgan fingerprint density at radius 1 is 1.13 bits per heavy atom. The smallest absolute Gasteiger partial charge is 0.303 e. The first-order valence-corrected chi connectivity index (χ1v) is 11.5. The second kappa shape index (κ2) is 11.3. The van der Waals surface area contributed by atoms with Gasteiger partial charge in [0.1, 0.15) is 16.7 Å². The highest BCUT2D eigenvalue weighted by molar-refractivity contribution is 8.26. The minimum atomic E-state index is -0.800. The van der Waals surface area contributed by atoms with E-state index in [0.29, 0.717) is 46.0 Å². The van der Waals surface area contributed by atoms with Crippen molar-refractivity contribution in [2.24, 2.45) is 0 Å². The van der Waals surface area contributed by atoms with Gasteiger partial charge < -0.3 is 9.84 Å². The van der Waals surface area contributed by atoms with Crippen molar-refractivity contribution in [2.45, 2.75) is 32.3 Å². The Kier molecular flexibility index (Phi) is 8.51. The van der Waals surface area contributed by atoms with Crippen LogP contribution in [0.1, 0.15) is 36.8 Å². The highest BCUT2D eigenvalue weighted by atomic mass is 35.5. The molecule has 31 heavy (non-hydrogen) atoms. The lowest BCUT2D eigenvalue weighted by atomic mass is 10.1. The Bertz CT molecular complexity index is 991. The zero-order valence-corrected chi connectivity index (χ0v) is 19.1. The summed E-state index contributed by atoms with van der Waals surface area (Å²) in [4.78, 5) is 25.6. The summed E-state index contributed by atoms with van der Waals surface area (Å²) in [6.45, 7) is 0.885. The molecule has 0 unspecified atom stereocenters. The topological polar surface area (TPSA) is 66.8 Å². The Morgan fingerprint density at radius 2 is 1.87 bits per heavy atom. The highest BCUT2D eigenvalue weighted by Gasteiger charge is 2.31. The van der Waals surface area contributed by atoms with E-state index in [-0.39, 0.29) is 12.3 Å². The number of thiocarbonyl (C=S) groups is 1. The van der Waals surface area contributed by atoms with Crippen molar-refractivity contribution >= 4 is 57.9 Å². The number of carboxylic acids is 1. The molecular formula is C23H22ClNO4S2. The van der Waals surface area contributed by atoms with Crippen LogP contribution < -0.4 is 4.74 Å². The van der Waals surface area contributed by atoms with Gasteiger partial charge in [-0.15, -0.1) is 0 Å². The maximum absolute atomic E-state index is 12.8. The summed E-state index contributed by atoms with van der Waals surface area (Å²) in [5.41, 5.74) is 1.80. The van der Waals surface area contributed by atoms with Crippen LogP contribution in [-0.4, -0.2) is 32.7 Å². The second-order valence-corrected chi connectivity index (χ2v) is 9.10. The molecule has 2 aromatic carbocycles. The minimum absolute atomic E-state index is 0.124. The molecule has 1 saturated heterocycles. The molecule has 1 aliphatic heterocycles. The van der Waals surface area contributed by atoms with E-state index in [1.165, 1.54) is 11.8 Å². The lowest BCUT2D eigenvalue weighted by Crippen LogP contribution is -2.29. The van der Waals surface area contributed by atoms with Gasteiger partial charge in [-0.2, -0.15) is 0 Å². The number of rotatable bonds is 10. The van der Waals surface area contributed by atoms with Crippen LogP contribution >= 0.6 is 35.6 Å². The number of amides is 1. The van der Waals surface area contributed by atoms with Crippen LogP contribution in [-0.2, 0) is 16.2 Å². The molecule has 0 atom stereocenters. The van der Waals surface area contributed by atoms with E-state index in [2.05, 4.69) is 0 Å². The summed E-state index contributed by atoms with van der Waals surface area (Å²) in [5, 5.41) is 9.38. The molecule has 1 fully saturated rings. The Morgan fingerprint density at radius 3 is 2.61 bits per heavy atom. The van der Waals surface area contributed by atoms with Crippen LogP contribution in [0.2, 0.25) is 5.02 Å². The number of para-hydroxylation sites is 1. The lowest BCUT2D eigenvalue weighted by Gasteiger charge is -2.14. The Labute approximate surface area is 196 Å². The molecule has 162 valence electrons. The third kappa shape index (κ3) is 6.82. The molecule has 1 heterocycles. The second-order valence-electron chi connectivity index (χ2n) is 6.99. The predicted octanol–water partition coefficient (Wildman–Crippen LogP) is 5.77. The number of carbonyl (C=O) groups is 2. The summed E-state index contributed by atoms with van der Waals surface area (Å²) in [5.74, 6) is -0.248. The number of hydrogen-bond acceptors (Lipinski definition) is 5. The molecule has 5 nitrogen and oxygen atoms in total. The summed E-state index contributed by atoms with van der Waals surface area (Å²) >= 11 is 12.6. The number of benzene rings is 2. The van der Waals surface area contributed by atoms with Crippen LogP contribution in [0.3, 0.4) is 0 Å². The zero-order chi connectivity index (χ0) is 22.2. The number of carbonyl (C=O) groups excluding carboxylic acids is 1. The van der Waals surface area contributed by atoms with Gasteiger partial charge in [0.2, 0.25) is 0 Å². The number of nitrogens with zero attached hydrogens (tertiary/aromatic N) is 1. The monoisotopic (exact) mass is 475 g/mol. The molecule has 0 spiro atoms. The van der Waals surface area contributed by atoms with Gasteiger partial charge in [-0.05, 0) is 42.7 Å². The molecule has 0 aromatic heterocycles. The molecule has 0 bridgehead atoms. The molecular weight excluding hydrogens is 454 g/mol. The molecule has 1 aliphatic rings. The minimum Gasteiger partial charge on any atom is -0.488 e. The van der Waals surface area contributed by atoms with E-state index in [0.717, 1.165) is 17.5 Å². The fourth-order valence-corrected chi connectivity index (χ4v) is 4.46. The van der Waals surface area contributed by atoms with Crippen LogP contribution in [0.4, 0.5) is 0 Å². The largest absolute Gasteiger partial charge is 0.488 e. The fraction of sp³-hybridized carbons (Fsp3) is 0.261. The molecule has 0 saturated carbocycles. The standard InChI is InChI=1S/C23H22ClNO4S2/c24-18-11-9-16(10-12-18)15-29-19-7-4-3-6-17(19)14-20-22(28)25(23(30)31-20)13-5-1-2-8-21(26)27/h3-4,6-7,9-12,14H,1-2,5,8,13,15H2,(H,26,27). The number of unbranched alkanes of at least 4 members (excludes halogenated alkanes) is 2. The van der Waals surface area contributed by atoms with Crippen LogP contribution in [0.25, 0.3) is 6.08 Å². The van der Waals surface area contributed by atoms with Gasteiger partial charge in [0.15, 0.2) is 0 Å². The van der Waals surface area contributed by atoms with Crippen LogP contribution in [0.5, 0.6) is 5.75 Å². The van der Waals surface area contributed by atoms with Crippen LogP contribution in [0, 0.1) is 0 Å². The van der Waals surface area contributed by atoms with E-state index in [1.54, 1.807) is 11.0 Å². The average molecular weight is 476 g/mol. The molecule has 0 aliphatic carbocycles. The maximum Gasteiger partial charge on any atom is 0.303 e. The number of ether oxygens (including phenoxy) is 1. The Balaban J connectivity index is 1.63. The SMILES string of the molecule is O=C(O)CCCCCN1C(=O)C(=Cc2ccccc2OCc2ccc(Cl)cc2)SC1=S. The molecule has 1 N–H and O–H groups in total. The molecule has 2 aromatic rings. The van der Waals surface area contributed by atoms with Crippen molar-refractivity contribution in [1.29, 1.82) is 0 Å². The van der Waals surface area contributed by atoms with Crippen LogP contribution in [0.15, 0.2) is 53.4 Å². The summed E-state index contributed by atoms with van der Waals surface area (Å²) < 4.78 is 6.49. The number of thioether (sulfide) groups is 1. The Hall–Kier alpha value is -2.35. The lowest BCUT2D eigenvalue weighted by molar-refractivity contribution is -0.137. The van der Waals surface area contributed by atoms with E-state index < -0.39 is 5.97 Å².